The molecule has 0 atom stereocenters. The molecule has 0 fully saturated rings. The fourth-order valence-electron chi connectivity index (χ4n) is 0.954. The molecule has 0 aromatic carbocycles. The van der Waals surface area contributed by atoms with Crippen LogP contribution in [0.1, 0.15) is 20.3 Å². The van der Waals surface area contributed by atoms with Gasteiger partial charge in [0.15, 0.2) is 6.29 Å². The van der Waals surface area contributed by atoms with Gasteiger partial charge in [-0.15, -0.1) is 0 Å². The second kappa shape index (κ2) is 8.93. The maximum absolute atomic E-state index is 11.1. The molecular weight excluding hydrogens is 184 g/mol. The van der Waals surface area contributed by atoms with E-state index < -0.39 is 0 Å². The Balaban J connectivity index is 3.63. The molecule has 0 saturated carbocycles. The van der Waals surface area contributed by atoms with E-state index in [1.54, 1.807) is 0 Å². The molecule has 0 aromatic heterocycles. The van der Waals surface area contributed by atoms with Crippen molar-refractivity contribution in [3.63, 3.8) is 0 Å². The third kappa shape index (κ3) is 6.82. The van der Waals surface area contributed by atoms with Gasteiger partial charge in [-0.1, -0.05) is 0 Å². The van der Waals surface area contributed by atoms with E-state index in [0.717, 1.165) is 0 Å². The average molecular weight is 204 g/mol. The lowest BCUT2D eigenvalue weighted by atomic mass is 10.4. The standard InChI is InChI=1S/C9H20N2O3/c1-3-13-9(14-4-2)7-11-8(12)5-6-10/h9H,3-7,10H2,1-2H3,(H,11,12). The number of amides is 1. The Bertz CT molecular complexity index is 147. The van der Waals surface area contributed by atoms with E-state index in [9.17, 15) is 4.79 Å². The van der Waals surface area contributed by atoms with Gasteiger partial charge >= 0.3 is 0 Å². The molecule has 0 rings (SSSR count). The predicted molar refractivity (Wildman–Crippen MR) is 53.7 cm³/mol. The average Bonchev–Trinajstić information content (AvgIpc) is 2.15. The fraction of sp³-hybridized carbons (Fsp3) is 0.889. The highest BCUT2D eigenvalue weighted by molar-refractivity contribution is 5.75. The van der Waals surface area contributed by atoms with Gasteiger partial charge in [0.2, 0.25) is 5.91 Å². The number of hydrogen-bond donors (Lipinski definition) is 2. The summed E-state index contributed by atoms with van der Waals surface area (Å²) < 4.78 is 10.5. The molecule has 0 aromatic rings. The monoisotopic (exact) mass is 204 g/mol. The molecule has 14 heavy (non-hydrogen) atoms. The van der Waals surface area contributed by atoms with Crippen molar-refractivity contribution in [3.05, 3.63) is 0 Å². The number of carbonyl (C=O) groups is 1. The van der Waals surface area contributed by atoms with Crippen LogP contribution < -0.4 is 11.1 Å². The first-order valence-corrected chi connectivity index (χ1v) is 4.94. The van der Waals surface area contributed by atoms with Crippen LogP contribution in [0.3, 0.4) is 0 Å². The molecule has 0 radical (unpaired) electrons. The van der Waals surface area contributed by atoms with Crippen LogP contribution in [-0.2, 0) is 14.3 Å². The minimum Gasteiger partial charge on any atom is -0.351 e. The van der Waals surface area contributed by atoms with Crippen molar-refractivity contribution in [2.45, 2.75) is 26.6 Å². The number of rotatable bonds is 8. The largest absolute Gasteiger partial charge is 0.351 e. The van der Waals surface area contributed by atoms with Crippen LogP contribution >= 0.6 is 0 Å². The van der Waals surface area contributed by atoms with E-state index >= 15 is 0 Å². The molecule has 5 nitrogen and oxygen atoms in total. The maximum Gasteiger partial charge on any atom is 0.221 e. The molecule has 0 unspecified atom stereocenters. The van der Waals surface area contributed by atoms with Crippen LogP contribution in [0, 0.1) is 0 Å². The second-order valence-electron chi connectivity index (χ2n) is 2.68. The van der Waals surface area contributed by atoms with Crippen LogP contribution in [0.25, 0.3) is 0 Å². The lowest BCUT2D eigenvalue weighted by Gasteiger charge is -2.17. The summed E-state index contributed by atoms with van der Waals surface area (Å²) in [5.74, 6) is -0.0723. The molecule has 3 N–H and O–H groups in total. The van der Waals surface area contributed by atoms with E-state index in [1.807, 2.05) is 13.8 Å². The Labute approximate surface area is 84.9 Å². The number of nitrogens with two attached hydrogens (primary N) is 1. The van der Waals surface area contributed by atoms with Crippen molar-refractivity contribution in [3.8, 4) is 0 Å². The van der Waals surface area contributed by atoms with Gasteiger partial charge in [0.05, 0.1) is 6.54 Å². The molecule has 0 heterocycles. The van der Waals surface area contributed by atoms with Gasteiger partial charge in [-0.25, -0.2) is 0 Å². The molecule has 0 aliphatic rings. The topological polar surface area (TPSA) is 73.6 Å². The highest BCUT2D eigenvalue weighted by Crippen LogP contribution is 1.93. The SMILES string of the molecule is CCOC(CNC(=O)CCN)OCC. The zero-order valence-electron chi connectivity index (χ0n) is 8.91. The van der Waals surface area contributed by atoms with Crippen LogP contribution in [0.2, 0.25) is 0 Å². The first-order chi connectivity index (χ1) is 6.74. The fourth-order valence-corrected chi connectivity index (χ4v) is 0.954. The summed E-state index contributed by atoms with van der Waals surface area (Å²) in [5.41, 5.74) is 5.23. The summed E-state index contributed by atoms with van der Waals surface area (Å²) in [5, 5.41) is 2.68. The van der Waals surface area contributed by atoms with Gasteiger partial charge in [0, 0.05) is 26.2 Å². The lowest BCUT2D eigenvalue weighted by Crippen LogP contribution is -2.36. The summed E-state index contributed by atoms with van der Waals surface area (Å²) in [7, 11) is 0. The summed E-state index contributed by atoms with van der Waals surface area (Å²) in [6, 6.07) is 0. The maximum atomic E-state index is 11.1. The van der Waals surface area contributed by atoms with Crippen molar-refractivity contribution >= 4 is 5.91 Å². The molecule has 0 aliphatic carbocycles. The smallest absolute Gasteiger partial charge is 0.221 e. The van der Waals surface area contributed by atoms with Gasteiger partial charge < -0.3 is 20.5 Å². The van der Waals surface area contributed by atoms with Crippen LogP contribution in [0.15, 0.2) is 0 Å². The molecular formula is C9H20N2O3. The highest BCUT2D eigenvalue weighted by atomic mass is 16.7. The molecule has 1 amide bonds. The zero-order chi connectivity index (χ0) is 10.8. The van der Waals surface area contributed by atoms with E-state index in [1.165, 1.54) is 0 Å². The first-order valence-electron chi connectivity index (χ1n) is 4.94. The Kier molecular flexibility index (Phi) is 8.51. The Morgan fingerprint density at radius 1 is 1.36 bits per heavy atom. The van der Waals surface area contributed by atoms with Gasteiger partial charge in [-0.3, -0.25) is 4.79 Å². The predicted octanol–water partition coefficient (Wildman–Crippen LogP) is -0.149. The Morgan fingerprint density at radius 3 is 2.36 bits per heavy atom. The summed E-state index contributed by atoms with van der Waals surface area (Å²) in [6.07, 6.45) is -0.0166. The van der Waals surface area contributed by atoms with Crippen molar-refractivity contribution in [2.75, 3.05) is 26.3 Å². The zero-order valence-corrected chi connectivity index (χ0v) is 8.91. The summed E-state index contributed by atoms with van der Waals surface area (Å²) >= 11 is 0. The minimum absolute atomic E-state index is 0.0723. The number of hydrogen-bond acceptors (Lipinski definition) is 4. The van der Waals surface area contributed by atoms with E-state index in [2.05, 4.69) is 5.32 Å². The molecule has 5 heteroatoms. The van der Waals surface area contributed by atoms with Gasteiger partial charge in [-0.2, -0.15) is 0 Å². The Hall–Kier alpha value is -0.650. The van der Waals surface area contributed by atoms with Crippen LogP contribution in [0.5, 0.6) is 0 Å². The van der Waals surface area contributed by atoms with Crippen LogP contribution in [-0.4, -0.2) is 38.5 Å². The van der Waals surface area contributed by atoms with Crippen molar-refractivity contribution in [2.24, 2.45) is 5.73 Å². The van der Waals surface area contributed by atoms with Crippen LogP contribution in [0.4, 0.5) is 0 Å². The van der Waals surface area contributed by atoms with Crippen molar-refractivity contribution in [1.29, 1.82) is 0 Å². The summed E-state index contributed by atoms with van der Waals surface area (Å²) in [4.78, 5) is 11.1. The summed E-state index contributed by atoms with van der Waals surface area (Å²) in [6.45, 7) is 5.64. The molecule has 0 spiro atoms. The Morgan fingerprint density at radius 2 is 1.93 bits per heavy atom. The molecule has 84 valence electrons. The van der Waals surface area contributed by atoms with Gasteiger partial charge in [-0.05, 0) is 13.8 Å². The van der Waals surface area contributed by atoms with E-state index in [-0.39, 0.29) is 12.2 Å². The number of carbonyl (C=O) groups excluding carboxylic acids is 1. The van der Waals surface area contributed by atoms with E-state index in [0.29, 0.717) is 32.7 Å². The van der Waals surface area contributed by atoms with Crippen molar-refractivity contribution in [1.82, 2.24) is 5.32 Å². The van der Waals surface area contributed by atoms with Gasteiger partial charge in [0.25, 0.3) is 0 Å². The minimum atomic E-state index is -0.355. The third-order valence-corrected chi connectivity index (χ3v) is 1.54. The third-order valence-electron chi connectivity index (χ3n) is 1.54. The molecule has 0 aliphatic heterocycles. The van der Waals surface area contributed by atoms with Crippen molar-refractivity contribution < 1.29 is 14.3 Å². The number of nitrogens with one attached hydrogen (secondary N) is 1. The first kappa shape index (κ1) is 13.4. The molecule has 0 bridgehead atoms. The van der Waals surface area contributed by atoms with E-state index in [4.69, 9.17) is 15.2 Å². The second-order valence-corrected chi connectivity index (χ2v) is 2.68. The lowest BCUT2D eigenvalue weighted by molar-refractivity contribution is -0.140. The number of ether oxygens (including phenoxy) is 2. The normalized spacial score (nSPS) is 10.6. The highest BCUT2D eigenvalue weighted by Gasteiger charge is 2.08. The quantitative estimate of drug-likeness (QED) is 0.539. The van der Waals surface area contributed by atoms with Gasteiger partial charge in [0.1, 0.15) is 0 Å². The molecule has 0 saturated heterocycles.